The second-order valence-electron chi connectivity index (χ2n) is 3.78. The van der Waals surface area contributed by atoms with E-state index in [9.17, 15) is 0 Å². The van der Waals surface area contributed by atoms with E-state index in [0.29, 0.717) is 19.3 Å². The minimum absolute atomic E-state index is 0.319. The molecule has 0 heterocycles. The molecule has 16 heavy (non-hydrogen) atoms. The molecule has 0 fully saturated rings. The Kier molecular flexibility index (Phi) is 5.45. The average molecular weight is 217 g/mol. The first-order valence-electron chi connectivity index (χ1n) is 5.64. The molecule has 1 aromatic carbocycles. The Morgan fingerprint density at radius 2 is 2.06 bits per heavy atom. The molecule has 0 radical (unpaired) electrons. The third-order valence-corrected chi connectivity index (χ3v) is 2.46. The maximum absolute atomic E-state index is 5.65. The lowest BCUT2D eigenvalue weighted by molar-refractivity contribution is 0.0508. The number of anilines is 1. The molecule has 0 spiro atoms. The van der Waals surface area contributed by atoms with Gasteiger partial charge in [-0.1, -0.05) is 25.0 Å². The van der Waals surface area contributed by atoms with Crippen LogP contribution in [0.25, 0.3) is 0 Å². The summed E-state index contributed by atoms with van der Waals surface area (Å²) in [7, 11) is 0. The number of rotatable bonds is 6. The minimum Gasteiger partial charge on any atom is -0.374 e. The highest BCUT2D eigenvalue weighted by Gasteiger charge is 1.99. The quantitative estimate of drug-likeness (QED) is 0.739. The van der Waals surface area contributed by atoms with Crippen LogP contribution in [0.15, 0.2) is 24.3 Å². The third kappa shape index (κ3) is 4.37. The highest BCUT2D eigenvalue weighted by atomic mass is 16.5. The lowest BCUT2D eigenvalue weighted by Gasteiger charge is -2.10. The van der Waals surface area contributed by atoms with Crippen LogP contribution in [-0.2, 0) is 11.3 Å². The number of hydrogen-bond donors (Lipinski definition) is 1. The zero-order valence-corrected chi connectivity index (χ0v) is 9.99. The van der Waals surface area contributed by atoms with Crippen molar-refractivity contribution in [1.29, 1.82) is 0 Å². The second-order valence-corrected chi connectivity index (χ2v) is 3.78. The smallest absolute Gasteiger partial charge is 0.0763 e. The van der Waals surface area contributed by atoms with Crippen molar-refractivity contribution in [2.45, 2.75) is 33.0 Å². The fourth-order valence-corrected chi connectivity index (χ4v) is 1.23. The zero-order valence-electron chi connectivity index (χ0n) is 9.99. The van der Waals surface area contributed by atoms with Crippen molar-refractivity contribution in [2.24, 2.45) is 0 Å². The molecule has 1 N–H and O–H groups in total. The van der Waals surface area contributed by atoms with E-state index in [1.165, 1.54) is 5.56 Å². The first kappa shape index (κ1) is 12.6. The molecule has 0 aliphatic rings. The summed E-state index contributed by atoms with van der Waals surface area (Å²) in [4.78, 5) is 0. The van der Waals surface area contributed by atoms with Crippen molar-refractivity contribution >= 4 is 5.69 Å². The third-order valence-electron chi connectivity index (χ3n) is 2.46. The summed E-state index contributed by atoms with van der Waals surface area (Å²) in [5.41, 5.74) is 2.23. The predicted octanol–water partition coefficient (Wildman–Crippen LogP) is 3.05. The van der Waals surface area contributed by atoms with Gasteiger partial charge < -0.3 is 10.1 Å². The first-order valence-corrected chi connectivity index (χ1v) is 5.64. The van der Waals surface area contributed by atoms with Crippen LogP contribution in [0.5, 0.6) is 0 Å². The molecule has 1 aromatic rings. The number of nitrogens with one attached hydrogen (secondary N) is 1. The maximum atomic E-state index is 5.65. The molecule has 0 amide bonds. The molecule has 0 aliphatic carbocycles. The lowest BCUT2D eigenvalue weighted by atomic mass is 10.2. The first-order chi connectivity index (χ1) is 7.76. The van der Waals surface area contributed by atoms with E-state index in [4.69, 9.17) is 11.2 Å². The molecule has 0 aliphatic heterocycles. The Morgan fingerprint density at radius 3 is 2.62 bits per heavy atom. The van der Waals surface area contributed by atoms with Crippen LogP contribution >= 0.6 is 0 Å². The highest BCUT2D eigenvalue weighted by Crippen LogP contribution is 2.11. The summed E-state index contributed by atoms with van der Waals surface area (Å²) in [5.74, 6) is 2.54. The highest BCUT2D eigenvalue weighted by molar-refractivity contribution is 5.45. The Bertz CT molecular complexity index is 337. The molecular formula is C14H19NO. The lowest BCUT2D eigenvalue weighted by Crippen LogP contribution is -2.06. The molecule has 0 saturated carbocycles. The van der Waals surface area contributed by atoms with Crippen LogP contribution in [0.4, 0.5) is 5.69 Å². The maximum Gasteiger partial charge on any atom is 0.0763 e. The summed E-state index contributed by atoms with van der Waals surface area (Å²) in [6, 6.07) is 8.15. The SMILES string of the molecule is C#CCNc1ccc(COC(C)CC)cc1. The largest absolute Gasteiger partial charge is 0.374 e. The van der Waals surface area contributed by atoms with Gasteiger partial charge in [0.2, 0.25) is 0 Å². The molecule has 0 aromatic heterocycles. The van der Waals surface area contributed by atoms with Crippen molar-refractivity contribution in [1.82, 2.24) is 0 Å². The van der Waals surface area contributed by atoms with E-state index in [0.717, 1.165) is 12.1 Å². The fourth-order valence-electron chi connectivity index (χ4n) is 1.23. The van der Waals surface area contributed by atoms with E-state index < -0.39 is 0 Å². The van der Waals surface area contributed by atoms with Crippen molar-refractivity contribution in [2.75, 3.05) is 11.9 Å². The van der Waals surface area contributed by atoms with Gasteiger partial charge in [0.25, 0.3) is 0 Å². The van der Waals surface area contributed by atoms with Crippen LogP contribution < -0.4 is 5.32 Å². The molecule has 1 atom stereocenters. The topological polar surface area (TPSA) is 21.3 Å². The van der Waals surface area contributed by atoms with E-state index in [-0.39, 0.29) is 0 Å². The van der Waals surface area contributed by atoms with E-state index in [1.807, 2.05) is 12.1 Å². The zero-order chi connectivity index (χ0) is 11.8. The standard InChI is InChI=1S/C14H19NO/c1-4-10-15-14-8-6-13(7-9-14)11-16-12(3)5-2/h1,6-9,12,15H,5,10-11H2,2-3H3. The van der Waals surface area contributed by atoms with Gasteiger partial charge >= 0.3 is 0 Å². The molecular weight excluding hydrogens is 198 g/mol. The van der Waals surface area contributed by atoms with Crippen LogP contribution in [0, 0.1) is 12.3 Å². The Labute approximate surface area is 98.0 Å². The van der Waals surface area contributed by atoms with Crippen LogP contribution in [0.1, 0.15) is 25.8 Å². The van der Waals surface area contributed by atoms with Crippen molar-refractivity contribution < 1.29 is 4.74 Å². The molecule has 86 valence electrons. The fraction of sp³-hybridized carbons (Fsp3) is 0.429. The predicted molar refractivity (Wildman–Crippen MR) is 68.3 cm³/mol. The summed E-state index contributed by atoms with van der Waals surface area (Å²) < 4.78 is 5.65. The number of ether oxygens (including phenoxy) is 1. The van der Waals surface area contributed by atoms with Gasteiger partial charge in [-0.25, -0.2) is 0 Å². The Morgan fingerprint density at radius 1 is 1.38 bits per heavy atom. The molecule has 2 heteroatoms. The van der Waals surface area contributed by atoms with Crippen LogP contribution in [0.2, 0.25) is 0 Å². The van der Waals surface area contributed by atoms with Crippen molar-refractivity contribution in [3.8, 4) is 12.3 Å². The van der Waals surface area contributed by atoms with Gasteiger partial charge in [0.1, 0.15) is 0 Å². The van der Waals surface area contributed by atoms with Gasteiger partial charge in [-0.2, -0.15) is 0 Å². The van der Waals surface area contributed by atoms with Gasteiger partial charge in [-0.15, -0.1) is 6.42 Å². The van der Waals surface area contributed by atoms with E-state index in [1.54, 1.807) is 0 Å². The molecule has 0 saturated heterocycles. The second kappa shape index (κ2) is 6.92. The molecule has 0 bridgehead atoms. The summed E-state index contributed by atoms with van der Waals surface area (Å²) in [6.45, 7) is 5.44. The molecule has 2 nitrogen and oxygen atoms in total. The van der Waals surface area contributed by atoms with Gasteiger partial charge in [0, 0.05) is 5.69 Å². The molecule has 1 rings (SSSR count). The van der Waals surface area contributed by atoms with Gasteiger partial charge in [0.15, 0.2) is 0 Å². The molecule has 1 unspecified atom stereocenters. The van der Waals surface area contributed by atoms with Crippen LogP contribution in [-0.4, -0.2) is 12.6 Å². The minimum atomic E-state index is 0.319. The van der Waals surface area contributed by atoms with Crippen LogP contribution in [0.3, 0.4) is 0 Å². The van der Waals surface area contributed by atoms with Gasteiger partial charge in [-0.3, -0.25) is 0 Å². The van der Waals surface area contributed by atoms with Gasteiger partial charge in [0.05, 0.1) is 19.3 Å². The van der Waals surface area contributed by atoms with E-state index >= 15 is 0 Å². The van der Waals surface area contributed by atoms with Crippen molar-refractivity contribution in [3.05, 3.63) is 29.8 Å². The Balaban J connectivity index is 2.42. The summed E-state index contributed by atoms with van der Waals surface area (Å²) in [5, 5.41) is 3.12. The monoisotopic (exact) mass is 217 g/mol. The van der Waals surface area contributed by atoms with E-state index in [2.05, 4.69) is 37.2 Å². The summed E-state index contributed by atoms with van der Waals surface area (Å²) in [6.07, 6.45) is 6.53. The van der Waals surface area contributed by atoms with Gasteiger partial charge in [-0.05, 0) is 31.0 Å². The number of benzene rings is 1. The van der Waals surface area contributed by atoms with Crippen molar-refractivity contribution in [3.63, 3.8) is 0 Å². The number of hydrogen-bond acceptors (Lipinski definition) is 2. The normalized spacial score (nSPS) is 11.8. The number of terminal acetylenes is 1. The Hall–Kier alpha value is -1.46. The average Bonchev–Trinajstić information content (AvgIpc) is 2.34. The summed E-state index contributed by atoms with van der Waals surface area (Å²) >= 11 is 0.